The molecular weight excluding hydrogens is 224 g/mol. The van der Waals surface area contributed by atoms with Gasteiger partial charge in [0.1, 0.15) is 5.75 Å². The highest BCUT2D eigenvalue weighted by Crippen LogP contribution is 2.50. The third kappa shape index (κ3) is 2.14. The van der Waals surface area contributed by atoms with E-state index in [9.17, 15) is 5.11 Å². The van der Waals surface area contributed by atoms with E-state index >= 15 is 0 Å². The first-order valence-corrected chi connectivity index (χ1v) is 7.09. The molecule has 2 nitrogen and oxygen atoms in total. The summed E-state index contributed by atoms with van der Waals surface area (Å²) in [6.07, 6.45) is 6.95. The average Bonchev–Trinajstić information content (AvgIpc) is 3.23. The van der Waals surface area contributed by atoms with Gasteiger partial charge in [-0.2, -0.15) is 0 Å². The Labute approximate surface area is 109 Å². The van der Waals surface area contributed by atoms with Crippen molar-refractivity contribution in [3.63, 3.8) is 0 Å². The van der Waals surface area contributed by atoms with Crippen LogP contribution in [0.5, 0.6) is 5.75 Å². The van der Waals surface area contributed by atoms with Crippen molar-refractivity contribution in [1.82, 2.24) is 0 Å². The Kier molecular flexibility index (Phi) is 3.06. The monoisotopic (exact) mass is 246 g/mol. The predicted octanol–water partition coefficient (Wildman–Crippen LogP) is 3.48. The van der Waals surface area contributed by atoms with Crippen LogP contribution in [-0.2, 0) is 5.60 Å². The van der Waals surface area contributed by atoms with E-state index in [1.54, 1.807) is 7.11 Å². The van der Waals surface area contributed by atoms with Gasteiger partial charge in [0.2, 0.25) is 0 Å². The Morgan fingerprint density at radius 3 is 2.67 bits per heavy atom. The van der Waals surface area contributed by atoms with Crippen molar-refractivity contribution in [3.8, 4) is 5.75 Å². The van der Waals surface area contributed by atoms with Crippen LogP contribution < -0.4 is 4.74 Å². The van der Waals surface area contributed by atoms with Crippen molar-refractivity contribution in [2.24, 2.45) is 11.8 Å². The molecule has 2 fully saturated rings. The Morgan fingerprint density at radius 1 is 1.17 bits per heavy atom. The summed E-state index contributed by atoms with van der Waals surface area (Å²) in [4.78, 5) is 0. The average molecular weight is 246 g/mol. The van der Waals surface area contributed by atoms with Crippen LogP contribution in [0.4, 0.5) is 0 Å². The molecule has 18 heavy (non-hydrogen) atoms. The molecule has 2 heteroatoms. The first-order chi connectivity index (χ1) is 8.73. The second kappa shape index (κ2) is 4.58. The molecule has 2 aliphatic carbocycles. The van der Waals surface area contributed by atoms with E-state index in [0.717, 1.165) is 36.5 Å². The van der Waals surface area contributed by atoms with Crippen molar-refractivity contribution < 1.29 is 9.84 Å². The maximum absolute atomic E-state index is 11.0. The third-order valence-corrected chi connectivity index (χ3v) is 4.66. The van der Waals surface area contributed by atoms with Crippen LogP contribution in [0, 0.1) is 11.8 Å². The molecule has 0 spiro atoms. The summed E-state index contributed by atoms with van der Waals surface area (Å²) in [5, 5.41) is 11.0. The number of aliphatic hydroxyl groups is 1. The van der Waals surface area contributed by atoms with Gasteiger partial charge in [0.05, 0.1) is 12.7 Å². The van der Waals surface area contributed by atoms with Gasteiger partial charge in [-0.1, -0.05) is 18.2 Å². The molecule has 0 saturated heterocycles. The fraction of sp³-hybridized carbons (Fsp3) is 0.625. The lowest BCUT2D eigenvalue weighted by atomic mass is 9.72. The Hall–Kier alpha value is -1.02. The fourth-order valence-electron chi connectivity index (χ4n) is 3.54. The maximum atomic E-state index is 11.0. The van der Waals surface area contributed by atoms with E-state index in [1.807, 2.05) is 24.3 Å². The summed E-state index contributed by atoms with van der Waals surface area (Å²) in [5.41, 5.74) is 0.316. The molecular formula is C16H22O2. The summed E-state index contributed by atoms with van der Waals surface area (Å²) in [6, 6.07) is 7.94. The zero-order valence-electron chi connectivity index (χ0n) is 11.1. The molecule has 0 bridgehead atoms. The molecule has 98 valence electrons. The number of hydrogen-bond donors (Lipinski definition) is 1. The van der Waals surface area contributed by atoms with Gasteiger partial charge in [-0.05, 0) is 56.4 Å². The van der Waals surface area contributed by atoms with Gasteiger partial charge in [0.15, 0.2) is 0 Å². The van der Waals surface area contributed by atoms with E-state index in [1.165, 1.54) is 19.3 Å². The lowest BCUT2D eigenvalue weighted by Gasteiger charge is -2.38. The zero-order chi connectivity index (χ0) is 12.6. The number of para-hydroxylation sites is 1. The lowest BCUT2D eigenvalue weighted by molar-refractivity contribution is -0.0267. The van der Waals surface area contributed by atoms with Gasteiger partial charge < -0.3 is 9.84 Å². The SMILES string of the molecule is COc1ccccc1C1(O)CCCC(C2CC2)C1. The molecule has 2 atom stereocenters. The standard InChI is InChI=1S/C16H22O2/c1-18-15-7-3-2-6-14(15)16(17)10-4-5-13(11-16)12-8-9-12/h2-3,6-7,12-13,17H,4-5,8-11H2,1H3. The largest absolute Gasteiger partial charge is 0.496 e. The Bertz CT molecular complexity index is 425. The number of hydrogen-bond acceptors (Lipinski definition) is 2. The van der Waals surface area contributed by atoms with Gasteiger partial charge in [0, 0.05) is 5.56 Å². The highest BCUT2D eigenvalue weighted by atomic mass is 16.5. The van der Waals surface area contributed by atoms with Gasteiger partial charge in [-0.25, -0.2) is 0 Å². The van der Waals surface area contributed by atoms with Crippen molar-refractivity contribution in [3.05, 3.63) is 29.8 Å². The van der Waals surface area contributed by atoms with Gasteiger partial charge >= 0.3 is 0 Å². The minimum Gasteiger partial charge on any atom is -0.496 e. The number of rotatable bonds is 3. The van der Waals surface area contributed by atoms with E-state index in [0.29, 0.717) is 5.92 Å². The molecule has 0 heterocycles. The minimum absolute atomic E-state index is 0.669. The summed E-state index contributed by atoms with van der Waals surface area (Å²) in [5.74, 6) is 2.43. The van der Waals surface area contributed by atoms with Crippen LogP contribution in [0.25, 0.3) is 0 Å². The van der Waals surface area contributed by atoms with E-state index in [-0.39, 0.29) is 0 Å². The van der Waals surface area contributed by atoms with Gasteiger partial charge in [0.25, 0.3) is 0 Å². The van der Waals surface area contributed by atoms with Gasteiger partial charge in [-0.3, -0.25) is 0 Å². The van der Waals surface area contributed by atoms with Crippen LogP contribution in [0.15, 0.2) is 24.3 Å². The highest BCUT2D eigenvalue weighted by molar-refractivity contribution is 5.38. The van der Waals surface area contributed by atoms with Crippen molar-refractivity contribution in [2.45, 2.75) is 44.1 Å². The molecule has 2 unspecified atom stereocenters. The van der Waals surface area contributed by atoms with Gasteiger partial charge in [-0.15, -0.1) is 0 Å². The number of benzene rings is 1. The van der Waals surface area contributed by atoms with Crippen LogP contribution in [0.3, 0.4) is 0 Å². The quantitative estimate of drug-likeness (QED) is 0.884. The van der Waals surface area contributed by atoms with Crippen LogP contribution >= 0.6 is 0 Å². The van der Waals surface area contributed by atoms with Crippen molar-refractivity contribution >= 4 is 0 Å². The summed E-state index contributed by atoms with van der Waals surface area (Å²) >= 11 is 0. The van der Waals surface area contributed by atoms with Crippen LogP contribution in [-0.4, -0.2) is 12.2 Å². The topological polar surface area (TPSA) is 29.5 Å². The second-order valence-electron chi connectivity index (χ2n) is 5.93. The molecule has 1 aromatic carbocycles. The number of ether oxygens (including phenoxy) is 1. The molecule has 0 amide bonds. The molecule has 0 aromatic heterocycles. The van der Waals surface area contributed by atoms with Crippen LogP contribution in [0.1, 0.15) is 44.1 Å². The third-order valence-electron chi connectivity index (χ3n) is 4.66. The molecule has 0 aliphatic heterocycles. The summed E-state index contributed by atoms with van der Waals surface area (Å²) in [7, 11) is 1.68. The smallest absolute Gasteiger partial charge is 0.124 e. The molecule has 2 saturated carbocycles. The van der Waals surface area contributed by atoms with Crippen molar-refractivity contribution in [2.75, 3.05) is 7.11 Å². The molecule has 1 N–H and O–H groups in total. The highest BCUT2D eigenvalue weighted by Gasteiger charge is 2.42. The first-order valence-electron chi connectivity index (χ1n) is 7.09. The van der Waals surface area contributed by atoms with E-state index in [2.05, 4.69) is 0 Å². The fourth-order valence-corrected chi connectivity index (χ4v) is 3.54. The second-order valence-corrected chi connectivity index (χ2v) is 5.93. The number of methoxy groups -OCH3 is 1. The van der Waals surface area contributed by atoms with Crippen molar-refractivity contribution in [1.29, 1.82) is 0 Å². The first kappa shape index (κ1) is 12.0. The summed E-state index contributed by atoms with van der Waals surface area (Å²) in [6.45, 7) is 0. The predicted molar refractivity (Wildman–Crippen MR) is 71.6 cm³/mol. The lowest BCUT2D eigenvalue weighted by Crippen LogP contribution is -2.33. The Balaban J connectivity index is 1.87. The van der Waals surface area contributed by atoms with E-state index < -0.39 is 5.60 Å². The molecule has 2 aliphatic rings. The molecule has 0 radical (unpaired) electrons. The summed E-state index contributed by atoms with van der Waals surface area (Å²) < 4.78 is 5.42. The maximum Gasteiger partial charge on any atom is 0.124 e. The van der Waals surface area contributed by atoms with E-state index in [4.69, 9.17) is 4.74 Å². The van der Waals surface area contributed by atoms with Crippen LogP contribution in [0.2, 0.25) is 0 Å². The molecule has 1 aromatic rings. The zero-order valence-corrected chi connectivity index (χ0v) is 11.1. The molecule has 3 rings (SSSR count). The normalized spacial score (nSPS) is 32.2. The minimum atomic E-state index is -0.669. The Morgan fingerprint density at radius 2 is 1.94 bits per heavy atom.